The summed E-state index contributed by atoms with van der Waals surface area (Å²) in [5.74, 6) is 2.97. The first-order chi connectivity index (χ1) is 9.16. The van der Waals surface area contributed by atoms with Crippen molar-refractivity contribution in [1.29, 1.82) is 0 Å². The molecular weight excluding hydrogens is 256 g/mol. The third kappa shape index (κ3) is 16.2. The molecule has 0 heterocycles. The van der Waals surface area contributed by atoms with Crippen molar-refractivity contribution in [3.63, 3.8) is 0 Å². The van der Waals surface area contributed by atoms with Crippen molar-refractivity contribution in [2.24, 2.45) is 5.92 Å². The van der Waals surface area contributed by atoms with Crippen molar-refractivity contribution in [2.45, 2.75) is 77.7 Å². The minimum atomic E-state index is -0.346. The lowest BCUT2D eigenvalue weighted by Crippen LogP contribution is -2.05. The molecule has 0 aromatic rings. The highest BCUT2D eigenvalue weighted by Crippen LogP contribution is 2.14. The van der Waals surface area contributed by atoms with E-state index in [9.17, 15) is 10.2 Å². The fraction of sp³-hybridized carbons (Fsp3) is 1.00. The highest BCUT2D eigenvalue weighted by Gasteiger charge is 2.05. The highest BCUT2D eigenvalue weighted by molar-refractivity contribution is 7.99. The molecule has 0 aromatic heterocycles. The molecule has 0 saturated heterocycles. The van der Waals surface area contributed by atoms with Gasteiger partial charge in [0, 0.05) is 0 Å². The van der Waals surface area contributed by atoms with Crippen LogP contribution >= 0.6 is 11.8 Å². The maximum absolute atomic E-state index is 11.7. The van der Waals surface area contributed by atoms with E-state index in [0.717, 1.165) is 55.9 Å². The van der Waals surface area contributed by atoms with E-state index in [-0.39, 0.29) is 12.7 Å². The molecule has 0 rings (SSSR count). The largest absolute Gasteiger partial charge is 0.237 e. The Labute approximate surface area is 124 Å². The summed E-state index contributed by atoms with van der Waals surface area (Å²) in [5, 5.41) is 21.9. The molecule has 0 amide bonds. The van der Waals surface area contributed by atoms with Crippen LogP contribution in [-0.4, -0.2) is 24.2 Å². The van der Waals surface area contributed by atoms with Crippen LogP contribution in [0.4, 0.5) is 0 Å². The minimum Gasteiger partial charge on any atom is -0.237 e. The molecule has 0 aliphatic heterocycles. The second-order valence-electron chi connectivity index (χ2n) is 5.82. The number of hydrogen-bond acceptors (Lipinski definition) is 1. The van der Waals surface area contributed by atoms with E-state index in [1.807, 2.05) is 11.8 Å². The Bertz CT molecular complexity index is 174. The number of hydrogen-bond donors (Lipinski definition) is 0. The van der Waals surface area contributed by atoms with E-state index in [1.165, 1.54) is 19.3 Å². The highest BCUT2D eigenvalue weighted by atomic mass is 32.2. The van der Waals surface area contributed by atoms with Crippen LogP contribution in [-0.2, 0) is 10.2 Å². The van der Waals surface area contributed by atoms with Crippen LogP contribution in [0.2, 0.25) is 0 Å². The Morgan fingerprint density at radius 2 is 1.42 bits per heavy atom. The number of unbranched alkanes of at least 4 members (excludes halogenated alkanes) is 3. The Balaban J connectivity index is 3.14. The van der Waals surface area contributed by atoms with Crippen LogP contribution < -0.4 is 0 Å². The molecule has 19 heavy (non-hydrogen) atoms. The molecule has 0 aliphatic rings. The predicted octanol–water partition coefficient (Wildman–Crippen LogP) is 5.12. The summed E-state index contributed by atoms with van der Waals surface area (Å²) in [6.45, 7) is 4.57. The zero-order chi connectivity index (χ0) is 14.3. The molecule has 0 bridgehead atoms. The maximum Gasteiger partial charge on any atom is 0.0930 e. The molecule has 0 aromatic carbocycles. The smallest absolute Gasteiger partial charge is 0.0930 e. The van der Waals surface area contributed by atoms with Gasteiger partial charge in [-0.05, 0) is 49.5 Å². The molecule has 0 N–H and O–H groups in total. The van der Waals surface area contributed by atoms with Gasteiger partial charge in [0.2, 0.25) is 0 Å². The molecule has 0 spiro atoms. The normalized spacial score (nSPS) is 13.1. The van der Waals surface area contributed by atoms with Crippen molar-refractivity contribution in [3.05, 3.63) is 0 Å². The molecule has 0 aliphatic carbocycles. The van der Waals surface area contributed by atoms with Gasteiger partial charge >= 0.3 is 0 Å². The Hall–Kier alpha value is 0.270. The monoisotopic (exact) mass is 288 g/mol. The Morgan fingerprint density at radius 3 is 2.11 bits per heavy atom. The zero-order valence-corrected chi connectivity index (χ0v) is 13.7. The number of rotatable bonds is 14. The summed E-state index contributed by atoms with van der Waals surface area (Å²) in [5.41, 5.74) is 0. The van der Waals surface area contributed by atoms with E-state index in [2.05, 4.69) is 13.8 Å². The second kappa shape index (κ2) is 14.7. The van der Waals surface area contributed by atoms with Gasteiger partial charge in [0.25, 0.3) is 0 Å². The molecule has 2 radical (unpaired) electrons. The van der Waals surface area contributed by atoms with Crippen LogP contribution in [0.25, 0.3) is 0 Å². The number of thioether (sulfide) groups is 1. The van der Waals surface area contributed by atoms with Crippen molar-refractivity contribution < 1.29 is 10.2 Å². The van der Waals surface area contributed by atoms with Gasteiger partial charge in [0.05, 0.1) is 12.7 Å². The molecule has 0 saturated carbocycles. The Morgan fingerprint density at radius 1 is 0.789 bits per heavy atom. The molecule has 1 atom stereocenters. The second-order valence-corrected chi connectivity index (χ2v) is 7.04. The summed E-state index contributed by atoms with van der Waals surface area (Å²) in [7, 11) is 0. The van der Waals surface area contributed by atoms with Crippen molar-refractivity contribution >= 4 is 11.8 Å². The summed E-state index contributed by atoms with van der Waals surface area (Å²) in [6, 6.07) is 0. The SMILES string of the molecule is CC(C)CCCCCC([O])CCCSCCCC[O]. The third-order valence-corrected chi connectivity index (χ3v) is 4.46. The fourth-order valence-electron chi connectivity index (χ4n) is 2.07. The van der Waals surface area contributed by atoms with E-state index >= 15 is 0 Å². The van der Waals surface area contributed by atoms with Crippen LogP contribution in [0.1, 0.15) is 71.6 Å². The molecule has 2 nitrogen and oxygen atoms in total. The summed E-state index contributed by atoms with van der Waals surface area (Å²) in [6.07, 6.45) is 9.13. The standard InChI is InChI=1S/C16H32O2S/c1-15(2)9-4-3-5-10-16(18)11-8-14-19-13-7-6-12-17/h15-16H,3-14H2,1-2H3. The molecule has 0 fully saturated rings. The lowest BCUT2D eigenvalue weighted by atomic mass is 10.0. The van der Waals surface area contributed by atoms with E-state index in [0.29, 0.717) is 0 Å². The first-order valence-electron chi connectivity index (χ1n) is 7.98. The average Bonchev–Trinajstić information content (AvgIpc) is 2.37. The van der Waals surface area contributed by atoms with Crippen LogP contribution in [0.15, 0.2) is 0 Å². The average molecular weight is 288 g/mol. The van der Waals surface area contributed by atoms with Crippen LogP contribution in [0.5, 0.6) is 0 Å². The van der Waals surface area contributed by atoms with Gasteiger partial charge in [-0.2, -0.15) is 11.8 Å². The van der Waals surface area contributed by atoms with Crippen LogP contribution in [0.3, 0.4) is 0 Å². The zero-order valence-electron chi connectivity index (χ0n) is 12.9. The first-order valence-corrected chi connectivity index (χ1v) is 9.14. The minimum absolute atomic E-state index is 0.0556. The summed E-state index contributed by atoms with van der Waals surface area (Å²) < 4.78 is 0. The van der Waals surface area contributed by atoms with E-state index in [1.54, 1.807) is 0 Å². The quantitative estimate of drug-likeness (QED) is 0.409. The van der Waals surface area contributed by atoms with Gasteiger partial charge in [-0.3, -0.25) is 0 Å². The summed E-state index contributed by atoms with van der Waals surface area (Å²) >= 11 is 1.89. The Kier molecular flexibility index (Phi) is 14.9. The van der Waals surface area contributed by atoms with Gasteiger partial charge in [-0.15, -0.1) is 0 Å². The topological polar surface area (TPSA) is 39.8 Å². The van der Waals surface area contributed by atoms with Gasteiger partial charge in [0.1, 0.15) is 0 Å². The predicted molar refractivity (Wildman–Crippen MR) is 83.7 cm³/mol. The third-order valence-electron chi connectivity index (χ3n) is 3.31. The van der Waals surface area contributed by atoms with Crippen molar-refractivity contribution in [1.82, 2.24) is 0 Å². The lowest BCUT2D eigenvalue weighted by molar-refractivity contribution is 0.0708. The van der Waals surface area contributed by atoms with Crippen molar-refractivity contribution in [3.8, 4) is 0 Å². The molecular formula is C16H32O2S. The maximum atomic E-state index is 11.7. The molecule has 114 valence electrons. The molecule has 3 heteroatoms. The summed E-state index contributed by atoms with van der Waals surface area (Å²) in [4.78, 5) is 0. The molecule has 1 unspecified atom stereocenters. The fourth-order valence-corrected chi connectivity index (χ4v) is 3.05. The van der Waals surface area contributed by atoms with Crippen molar-refractivity contribution in [2.75, 3.05) is 18.1 Å². The van der Waals surface area contributed by atoms with E-state index in [4.69, 9.17) is 0 Å². The van der Waals surface area contributed by atoms with Crippen LogP contribution in [0, 0.1) is 5.92 Å². The first kappa shape index (κ1) is 19.3. The van der Waals surface area contributed by atoms with Gasteiger partial charge < -0.3 is 0 Å². The van der Waals surface area contributed by atoms with Gasteiger partial charge in [-0.25, -0.2) is 10.2 Å². The van der Waals surface area contributed by atoms with E-state index < -0.39 is 0 Å². The lowest BCUT2D eigenvalue weighted by Gasteiger charge is -2.08. The van der Waals surface area contributed by atoms with Gasteiger partial charge in [-0.1, -0.05) is 39.5 Å². The van der Waals surface area contributed by atoms with Gasteiger partial charge in [0.15, 0.2) is 0 Å².